The summed E-state index contributed by atoms with van der Waals surface area (Å²) in [5.74, 6) is 0.900. The highest BCUT2D eigenvalue weighted by Crippen LogP contribution is 2.64. The first kappa shape index (κ1) is 11.1. The number of methoxy groups -OCH3 is 1. The van der Waals surface area contributed by atoms with Gasteiger partial charge in [-0.1, -0.05) is 11.6 Å². The van der Waals surface area contributed by atoms with E-state index < -0.39 is 7.14 Å². The van der Waals surface area contributed by atoms with Crippen molar-refractivity contribution in [2.24, 2.45) is 0 Å². The Kier molecular flexibility index (Phi) is 2.45. The summed E-state index contributed by atoms with van der Waals surface area (Å²) < 4.78 is 17.9. The number of ether oxygens (including phenoxy) is 1. The van der Waals surface area contributed by atoms with E-state index in [0.717, 1.165) is 31.2 Å². The second-order valence-corrected chi connectivity index (χ2v) is 8.15. The molecule has 0 aromatic heterocycles. The van der Waals surface area contributed by atoms with Gasteiger partial charge in [0.2, 0.25) is 0 Å². The van der Waals surface area contributed by atoms with E-state index in [1.54, 1.807) is 7.11 Å². The minimum Gasteiger partial charge on any atom is -0.497 e. The molecule has 1 aromatic rings. The molecule has 3 rings (SSSR count). The van der Waals surface area contributed by atoms with E-state index in [0.29, 0.717) is 0 Å². The van der Waals surface area contributed by atoms with Crippen LogP contribution in [0.25, 0.3) is 5.31 Å². The van der Waals surface area contributed by atoms with Crippen LogP contribution in [0.4, 0.5) is 0 Å². The number of fused-ring (bicyclic) bond motifs is 2. The SMILES string of the molecule is COc1ccc2c(c1)CCC1=C2P(C)(=O)CC1. The molecule has 0 saturated carbocycles. The first-order valence-electron chi connectivity index (χ1n) is 6.08. The van der Waals surface area contributed by atoms with E-state index in [1.165, 1.54) is 22.0 Å². The molecule has 1 aliphatic heterocycles. The Morgan fingerprint density at radius 3 is 2.82 bits per heavy atom. The number of aryl methyl sites for hydroxylation is 1. The lowest BCUT2D eigenvalue weighted by Gasteiger charge is -2.21. The van der Waals surface area contributed by atoms with Gasteiger partial charge in [-0.15, -0.1) is 0 Å². The van der Waals surface area contributed by atoms with Gasteiger partial charge in [-0.3, -0.25) is 0 Å². The summed E-state index contributed by atoms with van der Waals surface area (Å²) in [4.78, 5) is 0. The van der Waals surface area contributed by atoms with Gasteiger partial charge in [-0.05, 0) is 49.2 Å². The van der Waals surface area contributed by atoms with Crippen molar-refractivity contribution in [3.63, 3.8) is 0 Å². The Morgan fingerprint density at radius 1 is 1.24 bits per heavy atom. The quantitative estimate of drug-likeness (QED) is 0.707. The summed E-state index contributed by atoms with van der Waals surface area (Å²) in [7, 11) is -0.402. The van der Waals surface area contributed by atoms with E-state index in [2.05, 4.69) is 12.1 Å². The predicted octanol–water partition coefficient (Wildman–Crippen LogP) is 3.75. The summed E-state index contributed by atoms with van der Waals surface area (Å²) >= 11 is 0. The molecular formula is C14H17O2P. The van der Waals surface area contributed by atoms with Gasteiger partial charge in [-0.25, -0.2) is 0 Å². The number of allylic oxidation sites excluding steroid dienone is 1. The molecule has 0 amide bonds. The Morgan fingerprint density at radius 2 is 2.06 bits per heavy atom. The van der Waals surface area contributed by atoms with E-state index in [1.807, 2.05) is 12.7 Å². The maximum Gasteiger partial charge on any atom is 0.119 e. The average molecular weight is 248 g/mol. The minimum atomic E-state index is -2.09. The van der Waals surface area contributed by atoms with Gasteiger partial charge in [0.05, 0.1) is 7.11 Å². The lowest BCUT2D eigenvalue weighted by molar-refractivity contribution is 0.414. The summed E-state index contributed by atoms with van der Waals surface area (Å²) in [6.45, 7) is 1.94. The molecule has 1 heterocycles. The van der Waals surface area contributed by atoms with Crippen molar-refractivity contribution in [3.05, 3.63) is 34.9 Å². The van der Waals surface area contributed by atoms with Crippen LogP contribution in [0.2, 0.25) is 0 Å². The molecule has 1 aromatic carbocycles. The number of rotatable bonds is 1. The third-order valence-electron chi connectivity index (χ3n) is 3.91. The molecule has 0 radical (unpaired) electrons. The van der Waals surface area contributed by atoms with Crippen molar-refractivity contribution in [2.45, 2.75) is 19.3 Å². The van der Waals surface area contributed by atoms with Crippen LogP contribution in [-0.4, -0.2) is 19.9 Å². The molecule has 2 aliphatic rings. The van der Waals surface area contributed by atoms with Gasteiger partial charge < -0.3 is 9.30 Å². The van der Waals surface area contributed by atoms with Gasteiger partial charge in [0, 0.05) is 11.5 Å². The summed E-state index contributed by atoms with van der Waals surface area (Å²) in [6, 6.07) is 6.16. The maximum absolute atomic E-state index is 12.6. The minimum absolute atomic E-state index is 0.864. The fourth-order valence-electron chi connectivity index (χ4n) is 3.02. The monoisotopic (exact) mass is 248 g/mol. The van der Waals surface area contributed by atoms with Crippen LogP contribution >= 0.6 is 7.14 Å². The first-order chi connectivity index (χ1) is 8.12. The van der Waals surface area contributed by atoms with Crippen LogP contribution in [0.5, 0.6) is 5.75 Å². The van der Waals surface area contributed by atoms with Gasteiger partial charge in [0.1, 0.15) is 12.9 Å². The zero-order valence-electron chi connectivity index (χ0n) is 10.3. The fraction of sp³-hybridized carbons (Fsp3) is 0.429. The van der Waals surface area contributed by atoms with Gasteiger partial charge in [0.15, 0.2) is 0 Å². The molecule has 0 fully saturated rings. The lowest BCUT2D eigenvalue weighted by atomic mass is 9.91. The van der Waals surface area contributed by atoms with Crippen molar-refractivity contribution >= 4 is 12.5 Å². The van der Waals surface area contributed by atoms with Crippen LogP contribution in [0.15, 0.2) is 23.8 Å². The van der Waals surface area contributed by atoms with Crippen molar-refractivity contribution in [2.75, 3.05) is 19.9 Å². The van der Waals surface area contributed by atoms with E-state index in [-0.39, 0.29) is 0 Å². The third-order valence-corrected chi connectivity index (χ3v) is 6.49. The molecule has 2 nitrogen and oxygen atoms in total. The second-order valence-electron chi connectivity index (χ2n) is 5.05. The number of benzene rings is 1. The zero-order chi connectivity index (χ0) is 12.0. The van der Waals surface area contributed by atoms with Crippen LogP contribution < -0.4 is 4.74 Å². The molecule has 0 saturated heterocycles. The summed E-state index contributed by atoms with van der Waals surface area (Å²) in [5.41, 5.74) is 3.95. The highest BCUT2D eigenvalue weighted by Gasteiger charge is 2.35. The molecular weight excluding hydrogens is 231 g/mol. The van der Waals surface area contributed by atoms with Gasteiger partial charge in [0.25, 0.3) is 0 Å². The van der Waals surface area contributed by atoms with E-state index in [9.17, 15) is 4.57 Å². The molecule has 0 spiro atoms. The van der Waals surface area contributed by atoms with Crippen LogP contribution in [0, 0.1) is 0 Å². The largest absolute Gasteiger partial charge is 0.497 e. The third kappa shape index (κ3) is 1.66. The Hall–Kier alpha value is -1.01. The predicted molar refractivity (Wildman–Crippen MR) is 71.2 cm³/mol. The van der Waals surface area contributed by atoms with Crippen LogP contribution in [-0.2, 0) is 11.0 Å². The normalized spacial score (nSPS) is 26.7. The molecule has 1 unspecified atom stereocenters. The highest BCUT2D eigenvalue weighted by molar-refractivity contribution is 7.74. The molecule has 3 heteroatoms. The smallest absolute Gasteiger partial charge is 0.119 e. The Bertz CT molecular complexity index is 557. The Labute approximate surface area is 102 Å². The highest BCUT2D eigenvalue weighted by atomic mass is 31.2. The zero-order valence-corrected chi connectivity index (χ0v) is 11.2. The van der Waals surface area contributed by atoms with E-state index in [4.69, 9.17) is 4.74 Å². The Balaban J connectivity index is 2.17. The lowest BCUT2D eigenvalue weighted by Crippen LogP contribution is -2.02. The molecule has 0 N–H and O–H groups in total. The molecule has 1 aliphatic carbocycles. The molecule has 90 valence electrons. The standard InChI is InChI=1S/C14H17O2P/c1-16-12-5-6-13-11(9-12)4-3-10-7-8-17(2,15)14(10)13/h5-6,9H,3-4,7-8H2,1-2H3. The topological polar surface area (TPSA) is 26.3 Å². The molecule has 17 heavy (non-hydrogen) atoms. The van der Waals surface area contributed by atoms with Crippen molar-refractivity contribution in [1.29, 1.82) is 0 Å². The number of hydrogen-bond donors (Lipinski definition) is 0. The van der Waals surface area contributed by atoms with Crippen molar-refractivity contribution in [3.8, 4) is 5.75 Å². The van der Waals surface area contributed by atoms with Crippen LogP contribution in [0.1, 0.15) is 24.0 Å². The van der Waals surface area contributed by atoms with Gasteiger partial charge in [-0.2, -0.15) is 0 Å². The number of hydrogen-bond acceptors (Lipinski definition) is 2. The fourth-order valence-corrected chi connectivity index (χ4v) is 5.56. The molecule has 1 atom stereocenters. The molecule has 0 bridgehead atoms. The summed E-state index contributed by atoms with van der Waals surface area (Å²) in [6.07, 6.45) is 4.04. The van der Waals surface area contributed by atoms with Gasteiger partial charge >= 0.3 is 0 Å². The van der Waals surface area contributed by atoms with E-state index >= 15 is 0 Å². The average Bonchev–Trinajstić information content (AvgIpc) is 2.65. The van der Waals surface area contributed by atoms with Crippen LogP contribution in [0.3, 0.4) is 0 Å². The van der Waals surface area contributed by atoms with Crippen molar-refractivity contribution in [1.82, 2.24) is 0 Å². The van der Waals surface area contributed by atoms with Crippen molar-refractivity contribution < 1.29 is 9.30 Å². The maximum atomic E-state index is 12.6. The second kappa shape index (κ2) is 3.74. The first-order valence-corrected chi connectivity index (χ1v) is 8.42. The summed E-state index contributed by atoms with van der Waals surface area (Å²) in [5, 5.41) is 1.18.